The molecule has 31 heavy (non-hydrogen) atoms. The van der Waals surface area contributed by atoms with Crippen LogP contribution >= 0.6 is 0 Å². The van der Waals surface area contributed by atoms with Crippen molar-refractivity contribution in [1.82, 2.24) is 10.3 Å². The molecule has 1 aromatic heterocycles. The van der Waals surface area contributed by atoms with Gasteiger partial charge in [0, 0.05) is 12.0 Å². The predicted molar refractivity (Wildman–Crippen MR) is 116 cm³/mol. The molecule has 1 amide bonds. The Balaban J connectivity index is 1.22. The fourth-order valence-corrected chi connectivity index (χ4v) is 3.84. The van der Waals surface area contributed by atoms with Crippen molar-refractivity contribution in [2.75, 3.05) is 6.61 Å². The highest BCUT2D eigenvalue weighted by atomic mass is 16.5. The van der Waals surface area contributed by atoms with Crippen LogP contribution in [0.1, 0.15) is 47.9 Å². The largest absolute Gasteiger partial charge is 0.456 e. The number of aromatic nitrogens is 1. The number of hydrogen-bond donors (Lipinski definition) is 1. The van der Waals surface area contributed by atoms with E-state index in [0.717, 1.165) is 30.4 Å². The number of carbonyl (C=O) groups is 2. The van der Waals surface area contributed by atoms with Crippen LogP contribution in [0, 0.1) is 6.92 Å². The molecule has 3 aromatic rings. The molecule has 1 aliphatic rings. The summed E-state index contributed by atoms with van der Waals surface area (Å²) in [4.78, 5) is 28.5. The summed E-state index contributed by atoms with van der Waals surface area (Å²) >= 11 is 0. The zero-order chi connectivity index (χ0) is 21.6. The molecule has 160 valence electrons. The van der Waals surface area contributed by atoms with Gasteiger partial charge in [-0.2, -0.15) is 0 Å². The SMILES string of the molecule is Cc1ccc(-c2cnc(CCC(=O)OCC(=O)NC3CCCc4ccccc43)o2)cc1. The Morgan fingerprint density at radius 1 is 1.16 bits per heavy atom. The number of esters is 1. The summed E-state index contributed by atoms with van der Waals surface area (Å²) in [5.41, 5.74) is 4.53. The van der Waals surface area contributed by atoms with Gasteiger partial charge >= 0.3 is 5.97 Å². The van der Waals surface area contributed by atoms with Gasteiger partial charge in [-0.05, 0) is 37.3 Å². The molecular formula is C25H26N2O4. The first kappa shape index (κ1) is 20.8. The Bertz CT molecular complexity index is 1060. The van der Waals surface area contributed by atoms with Crippen LogP contribution in [0.25, 0.3) is 11.3 Å². The highest BCUT2D eigenvalue weighted by Crippen LogP contribution is 2.29. The van der Waals surface area contributed by atoms with Gasteiger partial charge in [0.1, 0.15) is 0 Å². The Morgan fingerprint density at radius 2 is 1.97 bits per heavy atom. The van der Waals surface area contributed by atoms with E-state index >= 15 is 0 Å². The van der Waals surface area contributed by atoms with E-state index in [9.17, 15) is 9.59 Å². The Morgan fingerprint density at radius 3 is 2.81 bits per heavy atom. The minimum Gasteiger partial charge on any atom is -0.456 e. The summed E-state index contributed by atoms with van der Waals surface area (Å²) in [5.74, 6) is 0.397. The average Bonchev–Trinajstić information content (AvgIpc) is 3.26. The first-order valence-corrected chi connectivity index (χ1v) is 10.6. The van der Waals surface area contributed by atoms with Gasteiger partial charge in [-0.15, -0.1) is 0 Å². The van der Waals surface area contributed by atoms with Gasteiger partial charge in [-0.3, -0.25) is 9.59 Å². The van der Waals surface area contributed by atoms with Gasteiger partial charge in [0.15, 0.2) is 18.3 Å². The lowest BCUT2D eigenvalue weighted by molar-refractivity contribution is -0.148. The van der Waals surface area contributed by atoms with Crippen molar-refractivity contribution in [2.24, 2.45) is 0 Å². The van der Waals surface area contributed by atoms with E-state index < -0.39 is 5.97 Å². The molecule has 0 radical (unpaired) electrons. The highest BCUT2D eigenvalue weighted by molar-refractivity contribution is 5.81. The molecule has 1 heterocycles. The molecule has 1 unspecified atom stereocenters. The molecule has 0 aliphatic heterocycles. The summed E-state index contributed by atoms with van der Waals surface area (Å²) in [5, 5.41) is 2.98. The molecule has 4 rings (SSSR count). The van der Waals surface area contributed by atoms with Gasteiger partial charge in [-0.25, -0.2) is 4.98 Å². The zero-order valence-corrected chi connectivity index (χ0v) is 17.6. The van der Waals surface area contributed by atoms with Crippen molar-refractivity contribution in [3.05, 3.63) is 77.3 Å². The summed E-state index contributed by atoms with van der Waals surface area (Å²) in [6.45, 7) is 1.74. The lowest BCUT2D eigenvalue weighted by Gasteiger charge is -2.26. The lowest BCUT2D eigenvalue weighted by Crippen LogP contribution is -2.34. The average molecular weight is 418 g/mol. The molecule has 6 heteroatoms. The Hall–Kier alpha value is -3.41. The van der Waals surface area contributed by atoms with Crippen molar-refractivity contribution in [3.63, 3.8) is 0 Å². The first-order chi connectivity index (χ1) is 15.1. The van der Waals surface area contributed by atoms with Gasteiger partial charge in [0.25, 0.3) is 5.91 Å². The number of fused-ring (bicyclic) bond motifs is 1. The molecule has 0 fully saturated rings. The predicted octanol–water partition coefficient (Wildman–Crippen LogP) is 4.32. The molecule has 1 aliphatic carbocycles. The third-order valence-electron chi connectivity index (χ3n) is 5.50. The van der Waals surface area contributed by atoms with Crippen LogP contribution in [-0.2, 0) is 27.2 Å². The molecule has 6 nitrogen and oxygen atoms in total. The molecule has 0 bridgehead atoms. The third-order valence-corrected chi connectivity index (χ3v) is 5.50. The fourth-order valence-electron chi connectivity index (χ4n) is 3.84. The topological polar surface area (TPSA) is 81.4 Å². The minimum atomic E-state index is -0.450. The molecule has 0 saturated heterocycles. The van der Waals surface area contributed by atoms with E-state index in [2.05, 4.69) is 16.4 Å². The monoisotopic (exact) mass is 418 g/mol. The summed E-state index contributed by atoms with van der Waals surface area (Å²) in [6.07, 6.45) is 5.03. The quantitative estimate of drug-likeness (QED) is 0.578. The maximum atomic E-state index is 12.3. The van der Waals surface area contributed by atoms with Crippen molar-refractivity contribution in [1.29, 1.82) is 0 Å². The van der Waals surface area contributed by atoms with Crippen LogP contribution < -0.4 is 5.32 Å². The zero-order valence-electron chi connectivity index (χ0n) is 17.6. The van der Waals surface area contributed by atoms with E-state index in [1.165, 1.54) is 11.1 Å². The number of hydrogen-bond acceptors (Lipinski definition) is 5. The normalized spacial score (nSPS) is 15.2. The van der Waals surface area contributed by atoms with E-state index in [1.54, 1.807) is 6.20 Å². The molecule has 0 saturated carbocycles. The van der Waals surface area contributed by atoms with Crippen molar-refractivity contribution in [3.8, 4) is 11.3 Å². The van der Waals surface area contributed by atoms with Gasteiger partial charge in [0.05, 0.1) is 18.7 Å². The molecule has 2 aromatic carbocycles. The standard InChI is InChI=1S/C25H26N2O4/c1-17-9-11-19(12-10-17)22-15-26-24(31-22)13-14-25(29)30-16-23(28)27-21-8-4-6-18-5-2-3-7-20(18)21/h2-3,5,7,9-12,15,21H,4,6,8,13-14,16H2,1H3,(H,27,28). The van der Waals surface area contributed by atoms with Crippen LogP contribution in [0.15, 0.2) is 59.1 Å². The number of carbonyl (C=O) groups excluding carboxylic acids is 2. The number of rotatable bonds is 7. The molecule has 1 N–H and O–H groups in total. The Labute approximate surface area is 181 Å². The number of nitrogens with zero attached hydrogens (tertiary/aromatic N) is 1. The fraction of sp³-hybridized carbons (Fsp3) is 0.320. The van der Waals surface area contributed by atoms with E-state index in [-0.39, 0.29) is 25.0 Å². The third kappa shape index (κ3) is 5.40. The number of aryl methyl sites for hydroxylation is 3. The second kappa shape index (κ2) is 9.60. The number of amides is 1. The summed E-state index contributed by atoms with van der Waals surface area (Å²) in [6, 6.07) is 16.1. The lowest BCUT2D eigenvalue weighted by atomic mass is 9.88. The minimum absolute atomic E-state index is 0.0244. The maximum absolute atomic E-state index is 12.3. The highest BCUT2D eigenvalue weighted by Gasteiger charge is 2.21. The van der Waals surface area contributed by atoms with Crippen molar-refractivity contribution < 1.29 is 18.7 Å². The number of nitrogens with one attached hydrogen (secondary N) is 1. The van der Waals surface area contributed by atoms with E-state index in [4.69, 9.17) is 9.15 Å². The second-order valence-electron chi connectivity index (χ2n) is 7.86. The number of oxazole rings is 1. The second-order valence-corrected chi connectivity index (χ2v) is 7.86. The molecule has 0 spiro atoms. The van der Waals surface area contributed by atoms with Crippen LogP contribution in [-0.4, -0.2) is 23.5 Å². The molecular weight excluding hydrogens is 392 g/mol. The van der Waals surface area contributed by atoms with Gasteiger partial charge in [-0.1, -0.05) is 54.1 Å². The van der Waals surface area contributed by atoms with E-state index in [0.29, 0.717) is 18.1 Å². The summed E-state index contributed by atoms with van der Waals surface area (Å²) < 4.78 is 10.9. The maximum Gasteiger partial charge on any atom is 0.306 e. The number of ether oxygens (including phenoxy) is 1. The van der Waals surface area contributed by atoms with Crippen molar-refractivity contribution >= 4 is 11.9 Å². The first-order valence-electron chi connectivity index (χ1n) is 10.6. The Kier molecular flexibility index (Phi) is 6.46. The van der Waals surface area contributed by atoms with Crippen molar-refractivity contribution in [2.45, 2.75) is 45.1 Å². The van der Waals surface area contributed by atoms with E-state index in [1.807, 2.05) is 49.4 Å². The van der Waals surface area contributed by atoms with Crippen LogP contribution in [0.3, 0.4) is 0 Å². The number of benzene rings is 2. The van der Waals surface area contributed by atoms with Crippen LogP contribution in [0.4, 0.5) is 0 Å². The molecule has 1 atom stereocenters. The van der Waals surface area contributed by atoms with Crippen LogP contribution in [0.5, 0.6) is 0 Å². The van der Waals surface area contributed by atoms with Gasteiger partial charge in [0.2, 0.25) is 0 Å². The summed E-state index contributed by atoms with van der Waals surface area (Å²) in [7, 11) is 0. The van der Waals surface area contributed by atoms with Crippen LogP contribution in [0.2, 0.25) is 0 Å². The van der Waals surface area contributed by atoms with Gasteiger partial charge < -0.3 is 14.5 Å². The smallest absolute Gasteiger partial charge is 0.306 e.